The average molecular weight is 378 g/mol. The van der Waals surface area contributed by atoms with Crippen molar-refractivity contribution >= 4 is 11.6 Å². The van der Waals surface area contributed by atoms with Gasteiger partial charge in [-0.15, -0.1) is 0 Å². The number of allylic oxidation sites excluding steroid dienone is 2. The summed E-state index contributed by atoms with van der Waals surface area (Å²) in [6, 6.07) is 0. The third kappa shape index (κ3) is 0.174. The first-order chi connectivity index (χ1) is 11.9. The van der Waals surface area contributed by atoms with Crippen LogP contribution >= 0.6 is 0 Å². The summed E-state index contributed by atoms with van der Waals surface area (Å²) >= 11 is 0. The van der Waals surface area contributed by atoms with Crippen LogP contribution in [0.3, 0.4) is 0 Å². The van der Waals surface area contributed by atoms with E-state index in [0.717, 1.165) is 45.0 Å². The number of carbonyl (C=O) groups excluding carboxylic acids is 2. The number of carbonyl (C=O) groups is 2. The van der Waals surface area contributed by atoms with Gasteiger partial charge in [-0.3, -0.25) is 0 Å². The molecular formula is C22H26FeO2. The minimum atomic E-state index is -3.80. The van der Waals surface area contributed by atoms with Crippen LogP contribution < -0.4 is 0 Å². The Morgan fingerprint density at radius 3 is 2.12 bits per heavy atom. The Bertz CT molecular complexity index is 1330. The fraction of sp³-hybridized carbons (Fsp3) is 0.818. The standard InChI is InChI=1S/C15H19O.C7H7O.Fe/c16-15(14-10-6-7-11-14)12-13-8-4-2-1-3-5-9-13;1-6(8)7-4-2-3-5-7;/h6-8,10-11H,1-5,9,12H2;2-5H,1H3;. The van der Waals surface area contributed by atoms with Gasteiger partial charge in [0.25, 0.3) is 0 Å². The third-order valence-corrected chi connectivity index (χ3v) is 60.9. The van der Waals surface area contributed by atoms with Gasteiger partial charge in [-0.1, -0.05) is 0 Å². The molecule has 11 rings (SSSR count). The summed E-state index contributed by atoms with van der Waals surface area (Å²) in [4.78, 5) is 34.6. The Hall–Kier alpha value is -0.401. The molecule has 1 spiro atoms. The van der Waals surface area contributed by atoms with E-state index in [-0.39, 0.29) is 8.63 Å². The van der Waals surface area contributed by atoms with E-state index in [2.05, 4.69) is 6.08 Å². The molecule has 0 saturated carbocycles. The van der Waals surface area contributed by atoms with Crippen molar-refractivity contribution in [2.75, 3.05) is 0 Å². The molecule has 10 aliphatic heterocycles. The number of fused-ring (bicyclic) bond motifs is 10. The summed E-state index contributed by atoms with van der Waals surface area (Å²) in [5.41, 5.74) is 1.48. The molecule has 10 fully saturated rings. The van der Waals surface area contributed by atoms with E-state index in [0.29, 0.717) is 11.6 Å². The predicted octanol–water partition coefficient (Wildman–Crippen LogP) is 5.94. The van der Waals surface area contributed by atoms with Gasteiger partial charge in [0.1, 0.15) is 0 Å². The van der Waals surface area contributed by atoms with E-state index in [4.69, 9.17) is 0 Å². The van der Waals surface area contributed by atoms with Crippen molar-refractivity contribution in [2.45, 2.75) is 99.0 Å². The second-order valence-electron chi connectivity index (χ2n) is 13.7. The first-order valence-electron chi connectivity index (χ1n) is 10.8. The fourth-order valence-corrected chi connectivity index (χ4v) is 96.4. The molecule has 8 atom stereocenters. The second kappa shape index (κ2) is 1.27. The van der Waals surface area contributed by atoms with Crippen LogP contribution in [0.2, 0.25) is 47.2 Å². The van der Waals surface area contributed by atoms with E-state index >= 15 is 0 Å². The molecule has 2 nitrogen and oxygen atoms in total. The van der Waals surface area contributed by atoms with Crippen molar-refractivity contribution in [2.24, 2.45) is 0 Å². The summed E-state index contributed by atoms with van der Waals surface area (Å²) in [5, 5.41) is 0. The summed E-state index contributed by atoms with van der Waals surface area (Å²) in [5.74, 6) is 1.31. The molecule has 0 radical (unpaired) electrons. The number of hydrogen-bond donors (Lipinski definition) is 0. The molecule has 11 aliphatic rings. The monoisotopic (exact) mass is 378 g/mol. The molecule has 0 aromatic heterocycles. The summed E-state index contributed by atoms with van der Waals surface area (Å²) < 4.78 is 0.489. The molecule has 0 bridgehead atoms. The molecule has 25 heavy (non-hydrogen) atoms. The minimum absolute atomic E-state index is 0.239. The van der Waals surface area contributed by atoms with E-state index in [9.17, 15) is 9.59 Å². The van der Waals surface area contributed by atoms with Gasteiger partial charge >= 0.3 is 138 Å². The zero-order chi connectivity index (χ0) is 16.3. The Morgan fingerprint density at radius 1 is 0.960 bits per heavy atom. The molecule has 10 saturated heterocycles. The van der Waals surface area contributed by atoms with Crippen LogP contribution in [0.5, 0.6) is 0 Å². The van der Waals surface area contributed by atoms with Crippen molar-refractivity contribution in [3.63, 3.8) is 0 Å². The predicted molar refractivity (Wildman–Crippen MR) is 91.5 cm³/mol. The molecular weight excluding hydrogens is 352 g/mol. The van der Waals surface area contributed by atoms with Crippen molar-refractivity contribution in [3.05, 3.63) is 11.6 Å². The maximum atomic E-state index is 13.9. The van der Waals surface area contributed by atoms with E-state index < -0.39 is 6.51 Å². The number of Topliss-reactive ketones (excluding diaryl/α,β-unsaturated/α-hetero) is 2. The second-order valence-corrected chi connectivity index (χ2v) is 36.9. The van der Waals surface area contributed by atoms with E-state index in [1.165, 1.54) is 44.1 Å². The van der Waals surface area contributed by atoms with Crippen molar-refractivity contribution in [3.8, 4) is 0 Å². The normalized spacial score (nSPS) is 92.0. The summed E-state index contributed by atoms with van der Waals surface area (Å²) in [6.07, 6.45) is 10.9. The topological polar surface area (TPSA) is 34.1 Å². The SMILES string of the molecule is CC(=O)[C]12[CH]3[CH]4[CH]5[CH]1[Fe]45321678[CH]2[CH]1[CH]6[C]7(C(=O)CC1=CCCCCCC1)[CH]28. The van der Waals surface area contributed by atoms with Crippen LogP contribution in [0.4, 0.5) is 0 Å². The fourth-order valence-electron chi connectivity index (χ4n) is 20.0. The summed E-state index contributed by atoms with van der Waals surface area (Å²) in [7, 11) is 0. The van der Waals surface area contributed by atoms with Crippen LogP contribution in [0.25, 0.3) is 0 Å². The van der Waals surface area contributed by atoms with E-state index in [1.54, 1.807) is 0 Å². The molecule has 3 heteroatoms. The molecule has 0 aromatic carbocycles. The van der Waals surface area contributed by atoms with Gasteiger partial charge in [-0.05, 0) is 0 Å². The molecule has 8 unspecified atom stereocenters. The molecule has 1 aliphatic carbocycles. The van der Waals surface area contributed by atoms with Crippen molar-refractivity contribution in [1.29, 1.82) is 0 Å². The molecule has 134 valence electrons. The van der Waals surface area contributed by atoms with Gasteiger partial charge in [0.05, 0.1) is 0 Å². The first kappa shape index (κ1) is 11.4. The van der Waals surface area contributed by atoms with Crippen LogP contribution in [0.15, 0.2) is 11.6 Å². The molecule has 0 aromatic rings. The van der Waals surface area contributed by atoms with Gasteiger partial charge in [0.15, 0.2) is 0 Å². The quantitative estimate of drug-likeness (QED) is 0.448. The number of ketones is 2. The Morgan fingerprint density at radius 2 is 1.56 bits per heavy atom. The van der Waals surface area contributed by atoms with Gasteiger partial charge in [0.2, 0.25) is 0 Å². The summed E-state index contributed by atoms with van der Waals surface area (Å²) in [6.45, 7) is -1.86. The first-order valence-corrected chi connectivity index (χ1v) is 17.0. The molecule has 10 heterocycles. The van der Waals surface area contributed by atoms with Crippen molar-refractivity contribution in [1.82, 2.24) is 0 Å². The maximum absolute atomic E-state index is 13.9. The average Bonchev–Trinajstić information content (AvgIpc) is 3.50. The van der Waals surface area contributed by atoms with Crippen LogP contribution in [0, 0.1) is 0 Å². The zero-order valence-electron chi connectivity index (χ0n) is 14.8. The van der Waals surface area contributed by atoms with E-state index in [1.807, 2.05) is 6.92 Å². The Labute approximate surface area is 138 Å². The number of hydrogen-bond acceptors (Lipinski definition) is 2. The Kier molecular flexibility index (Phi) is 0.579. The van der Waals surface area contributed by atoms with Crippen molar-refractivity contribution < 1.29 is 16.1 Å². The van der Waals surface area contributed by atoms with Crippen LogP contribution in [-0.2, 0) is 16.1 Å². The van der Waals surface area contributed by atoms with Gasteiger partial charge in [-0.25, -0.2) is 0 Å². The molecule has 0 N–H and O–H groups in total. The van der Waals surface area contributed by atoms with Crippen LogP contribution in [0.1, 0.15) is 51.9 Å². The van der Waals surface area contributed by atoms with Gasteiger partial charge in [-0.2, -0.15) is 0 Å². The Balaban J connectivity index is 1.15. The number of rotatable bonds is 4. The van der Waals surface area contributed by atoms with Gasteiger partial charge < -0.3 is 0 Å². The molecule has 0 amide bonds. The van der Waals surface area contributed by atoms with Crippen LogP contribution in [-0.4, -0.2) is 11.6 Å². The third-order valence-electron chi connectivity index (χ3n) is 18.0. The van der Waals surface area contributed by atoms with Gasteiger partial charge in [0, 0.05) is 0 Å². The zero-order valence-corrected chi connectivity index (χ0v) is 15.9.